The normalized spacial score (nSPS) is 11.2. The Morgan fingerprint density at radius 3 is 2.75 bits per heavy atom. The average molecular weight is 243 g/mol. The first-order valence-electron chi connectivity index (χ1n) is 4.89. The summed E-state index contributed by atoms with van der Waals surface area (Å²) in [5.74, 6) is -0.186. The monoisotopic (exact) mass is 242 g/mol. The SMILES string of the molecule is COC(C)(C)CNC(=O)c1ccc(Cl)nc1. The summed E-state index contributed by atoms with van der Waals surface area (Å²) in [5.41, 5.74) is 0.103. The molecule has 0 radical (unpaired) electrons. The van der Waals surface area contributed by atoms with E-state index < -0.39 is 0 Å². The van der Waals surface area contributed by atoms with Crippen LogP contribution in [0.1, 0.15) is 24.2 Å². The van der Waals surface area contributed by atoms with Crippen LogP contribution in [0.5, 0.6) is 0 Å². The molecule has 0 bridgehead atoms. The molecular formula is C11H15ClN2O2. The first kappa shape index (κ1) is 12.9. The van der Waals surface area contributed by atoms with Crippen LogP contribution in [-0.4, -0.2) is 30.1 Å². The summed E-state index contributed by atoms with van der Waals surface area (Å²) in [5, 5.41) is 3.13. The highest BCUT2D eigenvalue weighted by Gasteiger charge is 2.17. The first-order chi connectivity index (χ1) is 7.44. The van der Waals surface area contributed by atoms with E-state index >= 15 is 0 Å². The van der Waals surface area contributed by atoms with Crippen molar-refractivity contribution in [3.05, 3.63) is 29.0 Å². The van der Waals surface area contributed by atoms with Crippen molar-refractivity contribution in [2.75, 3.05) is 13.7 Å². The molecule has 0 saturated carbocycles. The second kappa shape index (κ2) is 5.27. The molecule has 0 aliphatic heterocycles. The van der Waals surface area contributed by atoms with Crippen molar-refractivity contribution in [2.45, 2.75) is 19.4 Å². The van der Waals surface area contributed by atoms with E-state index in [1.165, 1.54) is 6.20 Å². The van der Waals surface area contributed by atoms with Gasteiger partial charge in [-0.25, -0.2) is 4.98 Å². The molecule has 0 aromatic carbocycles. The van der Waals surface area contributed by atoms with Gasteiger partial charge in [0.1, 0.15) is 5.15 Å². The zero-order valence-electron chi connectivity index (χ0n) is 9.58. The quantitative estimate of drug-likeness (QED) is 0.821. The summed E-state index contributed by atoms with van der Waals surface area (Å²) in [6, 6.07) is 3.21. The van der Waals surface area contributed by atoms with Crippen molar-refractivity contribution >= 4 is 17.5 Å². The molecule has 16 heavy (non-hydrogen) atoms. The molecule has 1 aromatic heterocycles. The first-order valence-corrected chi connectivity index (χ1v) is 5.27. The predicted octanol–water partition coefficient (Wildman–Crippen LogP) is 1.89. The number of carbonyl (C=O) groups excluding carboxylic acids is 1. The van der Waals surface area contributed by atoms with Crippen LogP contribution in [-0.2, 0) is 4.74 Å². The molecule has 0 unspecified atom stereocenters. The Morgan fingerprint density at radius 2 is 2.25 bits per heavy atom. The van der Waals surface area contributed by atoms with E-state index in [0.717, 1.165) is 0 Å². The van der Waals surface area contributed by atoms with Gasteiger partial charge in [0.05, 0.1) is 11.2 Å². The van der Waals surface area contributed by atoms with Crippen LogP contribution < -0.4 is 5.32 Å². The van der Waals surface area contributed by atoms with E-state index in [4.69, 9.17) is 16.3 Å². The fraction of sp³-hybridized carbons (Fsp3) is 0.455. The Hall–Kier alpha value is -1.13. The number of amides is 1. The van der Waals surface area contributed by atoms with E-state index in [-0.39, 0.29) is 11.5 Å². The molecule has 1 heterocycles. The third-order valence-corrected chi connectivity index (χ3v) is 2.44. The zero-order chi connectivity index (χ0) is 12.2. The lowest BCUT2D eigenvalue weighted by molar-refractivity contribution is 0.0228. The molecule has 1 rings (SSSR count). The van der Waals surface area contributed by atoms with Gasteiger partial charge >= 0.3 is 0 Å². The minimum Gasteiger partial charge on any atom is -0.377 e. The molecule has 1 aromatic rings. The highest BCUT2D eigenvalue weighted by atomic mass is 35.5. The lowest BCUT2D eigenvalue weighted by Crippen LogP contribution is -2.39. The highest BCUT2D eigenvalue weighted by Crippen LogP contribution is 2.07. The van der Waals surface area contributed by atoms with E-state index in [1.54, 1.807) is 19.2 Å². The molecule has 0 atom stereocenters. The summed E-state index contributed by atoms with van der Waals surface area (Å²) in [6.45, 7) is 4.23. The number of hydrogen-bond acceptors (Lipinski definition) is 3. The summed E-state index contributed by atoms with van der Waals surface area (Å²) in [7, 11) is 1.61. The van der Waals surface area contributed by atoms with Gasteiger partial charge in [0.2, 0.25) is 0 Å². The molecule has 0 fully saturated rings. The van der Waals surface area contributed by atoms with E-state index in [1.807, 2.05) is 13.8 Å². The van der Waals surface area contributed by atoms with Crippen LogP contribution >= 0.6 is 11.6 Å². The number of halogens is 1. The van der Waals surface area contributed by atoms with Crippen molar-refractivity contribution in [3.8, 4) is 0 Å². The van der Waals surface area contributed by atoms with Crippen molar-refractivity contribution in [3.63, 3.8) is 0 Å². The van der Waals surface area contributed by atoms with Crippen molar-refractivity contribution in [2.24, 2.45) is 0 Å². The number of aromatic nitrogens is 1. The van der Waals surface area contributed by atoms with Crippen molar-refractivity contribution < 1.29 is 9.53 Å². The fourth-order valence-corrected chi connectivity index (χ4v) is 1.09. The Kier molecular flexibility index (Phi) is 4.26. The third kappa shape index (κ3) is 3.79. The molecule has 0 saturated heterocycles. The average Bonchev–Trinajstić information content (AvgIpc) is 2.27. The van der Waals surface area contributed by atoms with Gasteiger partial charge in [-0.15, -0.1) is 0 Å². The largest absolute Gasteiger partial charge is 0.377 e. The van der Waals surface area contributed by atoms with Gasteiger partial charge in [-0.1, -0.05) is 11.6 Å². The Morgan fingerprint density at radius 1 is 1.56 bits per heavy atom. The van der Waals surface area contributed by atoms with E-state index in [2.05, 4.69) is 10.3 Å². The summed E-state index contributed by atoms with van der Waals surface area (Å²) in [4.78, 5) is 15.5. The Balaban J connectivity index is 2.56. The second-order valence-corrected chi connectivity index (χ2v) is 4.40. The van der Waals surface area contributed by atoms with Gasteiger partial charge < -0.3 is 10.1 Å². The molecule has 1 amide bonds. The maximum absolute atomic E-state index is 11.7. The number of rotatable bonds is 4. The Labute approximate surface area is 100.0 Å². The van der Waals surface area contributed by atoms with Gasteiger partial charge in [-0.3, -0.25) is 4.79 Å². The van der Waals surface area contributed by atoms with Gasteiger partial charge in [0, 0.05) is 19.9 Å². The van der Waals surface area contributed by atoms with Crippen LogP contribution in [0.3, 0.4) is 0 Å². The lowest BCUT2D eigenvalue weighted by Gasteiger charge is -2.22. The number of carbonyl (C=O) groups is 1. The van der Waals surface area contributed by atoms with E-state index in [9.17, 15) is 4.79 Å². The Bertz CT molecular complexity index is 363. The molecule has 4 nitrogen and oxygen atoms in total. The van der Waals surface area contributed by atoms with Crippen LogP contribution in [0.25, 0.3) is 0 Å². The fourth-order valence-electron chi connectivity index (χ4n) is 0.978. The van der Waals surface area contributed by atoms with Crippen LogP contribution in [0.15, 0.2) is 18.3 Å². The van der Waals surface area contributed by atoms with Gasteiger partial charge in [-0.05, 0) is 26.0 Å². The van der Waals surface area contributed by atoms with Gasteiger partial charge in [0.15, 0.2) is 0 Å². The third-order valence-electron chi connectivity index (χ3n) is 2.22. The smallest absolute Gasteiger partial charge is 0.252 e. The molecule has 0 spiro atoms. The molecule has 5 heteroatoms. The van der Waals surface area contributed by atoms with Crippen LogP contribution in [0.4, 0.5) is 0 Å². The summed E-state index contributed by atoms with van der Waals surface area (Å²) < 4.78 is 5.19. The maximum Gasteiger partial charge on any atom is 0.252 e. The maximum atomic E-state index is 11.7. The van der Waals surface area contributed by atoms with E-state index in [0.29, 0.717) is 17.3 Å². The number of ether oxygens (including phenoxy) is 1. The predicted molar refractivity (Wildman–Crippen MR) is 62.7 cm³/mol. The lowest BCUT2D eigenvalue weighted by atomic mass is 10.1. The number of nitrogens with one attached hydrogen (secondary N) is 1. The topological polar surface area (TPSA) is 51.2 Å². The minimum atomic E-state index is -0.379. The molecular weight excluding hydrogens is 228 g/mol. The highest BCUT2D eigenvalue weighted by molar-refractivity contribution is 6.29. The molecule has 88 valence electrons. The number of nitrogens with zero attached hydrogens (tertiary/aromatic N) is 1. The van der Waals surface area contributed by atoms with Gasteiger partial charge in [-0.2, -0.15) is 0 Å². The minimum absolute atomic E-state index is 0.186. The van der Waals surface area contributed by atoms with Gasteiger partial charge in [0.25, 0.3) is 5.91 Å². The van der Waals surface area contributed by atoms with Crippen molar-refractivity contribution in [1.29, 1.82) is 0 Å². The van der Waals surface area contributed by atoms with Crippen molar-refractivity contribution in [1.82, 2.24) is 10.3 Å². The standard InChI is InChI=1S/C11H15ClN2O2/c1-11(2,16-3)7-14-10(15)8-4-5-9(12)13-6-8/h4-6H,7H2,1-3H3,(H,14,15). The summed E-state index contributed by atoms with van der Waals surface area (Å²) in [6.07, 6.45) is 1.44. The van der Waals surface area contributed by atoms with Crippen LogP contribution in [0.2, 0.25) is 5.15 Å². The zero-order valence-corrected chi connectivity index (χ0v) is 10.3. The molecule has 0 aliphatic carbocycles. The molecule has 1 N–H and O–H groups in total. The summed E-state index contributed by atoms with van der Waals surface area (Å²) >= 11 is 5.63. The number of hydrogen-bond donors (Lipinski definition) is 1. The molecule has 0 aliphatic rings. The number of pyridine rings is 1. The second-order valence-electron chi connectivity index (χ2n) is 4.02. The number of methoxy groups -OCH3 is 1. The van der Waals surface area contributed by atoms with Crippen LogP contribution in [0, 0.1) is 0 Å².